The molecule has 2 rings (SSSR count). The molecule has 2 atom stereocenters. The first-order chi connectivity index (χ1) is 14.7. The molecule has 1 aliphatic heterocycles. The summed E-state index contributed by atoms with van der Waals surface area (Å²) in [4.78, 5) is 38.1. The number of amides is 2. The maximum Gasteiger partial charge on any atom is 0.410 e. The van der Waals surface area contributed by atoms with Crippen molar-refractivity contribution in [3.8, 4) is 0 Å². The molecule has 0 radical (unpaired) electrons. The Morgan fingerprint density at radius 1 is 1.19 bits per heavy atom. The molecule has 9 nitrogen and oxygen atoms in total. The lowest BCUT2D eigenvalue weighted by Crippen LogP contribution is -2.46. The number of hydrogen-bond acceptors (Lipinski definition) is 7. The van der Waals surface area contributed by atoms with Gasteiger partial charge in [0.25, 0.3) is 0 Å². The largest absolute Gasteiger partial charge is 0.467 e. The third-order valence-electron chi connectivity index (χ3n) is 4.59. The number of methoxy groups -OCH3 is 1. The van der Waals surface area contributed by atoms with Gasteiger partial charge in [0.1, 0.15) is 12.2 Å². The smallest absolute Gasteiger partial charge is 0.410 e. The minimum absolute atomic E-state index is 0.0777. The molecule has 1 aromatic rings. The fraction of sp³-hybridized carbons (Fsp3) is 0.591. The van der Waals surface area contributed by atoms with Crippen molar-refractivity contribution in [1.82, 2.24) is 10.2 Å². The van der Waals surface area contributed by atoms with E-state index in [4.69, 9.17) is 18.9 Å². The number of likely N-dealkylation sites (tertiary alicyclic amines) is 1. The lowest BCUT2D eigenvalue weighted by Gasteiger charge is -2.28. The van der Waals surface area contributed by atoms with E-state index in [0.717, 1.165) is 18.4 Å². The molecule has 1 saturated heterocycles. The monoisotopic (exact) mass is 436 g/mol. The van der Waals surface area contributed by atoms with Crippen LogP contribution >= 0.6 is 0 Å². The number of carbonyl (C=O) groups is 3. The van der Waals surface area contributed by atoms with E-state index in [9.17, 15) is 14.4 Å². The van der Waals surface area contributed by atoms with E-state index >= 15 is 0 Å². The molecule has 1 N–H and O–H groups in total. The summed E-state index contributed by atoms with van der Waals surface area (Å²) in [6, 6.07) is 8.01. The van der Waals surface area contributed by atoms with E-state index in [0.29, 0.717) is 6.54 Å². The van der Waals surface area contributed by atoms with Crippen molar-refractivity contribution in [2.45, 2.75) is 57.9 Å². The van der Waals surface area contributed by atoms with Crippen molar-refractivity contribution >= 4 is 18.2 Å². The zero-order chi connectivity index (χ0) is 22.9. The van der Waals surface area contributed by atoms with Crippen LogP contribution in [0.3, 0.4) is 0 Å². The minimum atomic E-state index is -1.02. The summed E-state index contributed by atoms with van der Waals surface area (Å²) in [7, 11) is 1.23. The number of alkyl carbamates (subject to hydrolysis) is 1. The van der Waals surface area contributed by atoms with Crippen molar-refractivity contribution < 1.29 is 33.3 Å². The van der Waals surface area contributed by atoms with Crippen LogP contribution in [0, 0.1) is 0 Å². The summed E-state index contributed by atoms with van der Waals surface area (Å²) in [6.45, 7) is 6.23. The minimum Gasteiger partial charge on any atom is -0.467 e. The highest BCUT2D eigenvalue weighted by Gasteiger charge is 2.33. The standard InChI is InChI=1S/C22H32N2O7/c1-22(2,3)31-21(27)24-12-8-11-17(24)14-29-15-18(19(25)28-4)23-20(26)30-13-16-9-6-5-7-10-16/h5-7,9-10,17-18H,8,11-15H2,1-4H3,(H,23,26)/t17-,18-/m0/s1. The second-order valence-corrected chi connectivity index (χ2v) is 8.29. The fourth-order valence-corrected chi connectivity index (χ4v) is 3.11. The van der Waals surface area contributed by atoms with Crippen LogP contribution in [0.25, 0.3) is 0 Å². The number of carbonyl (C=O) groups excluding carboxylic acids is 3. The number of hydrogen-bond donors (Lipinski definition) is 1. The van der Waals surface area contributed by atoms with E-state index in [-0.39, 0.29) is 32.0 Å². The Bertz CT molecular complexity index is 733. The van der Waals surface area contributed by atoms with Gasteiger partial charge in [-0.15, -0.1) is 0 Å². The Labute approximate surface area is 183 Å². The predicted octanol–water partition coefficient (Wildman–Crippen LogP) is 2.87. The molecule has 1 aromatic carbocycles. The van der Waals surface area contributed by atoms with Gasteiger partial charge in [0.05, 0.1) is 26.4 Å². The molecule has 1 heterocycles. The van der Waals surface area contributed by atoms with Gasteiger partial charge in [-0.3, -0.25) is 0 Å². The second kappa shape index (κ2) is 11.5. The van der Waals surface area contributed by atoms with Crippen LogP contribution in [0.5, 0.6) is 0 Å². The van der Waals surface area contributed by atoms with Crippen molar-refractivity contribution in [2.75, 3.05) is 26.9 Å². The number of nitrogens with one attached hydrogen (secondary N) is 1. The highest BCUT2D eigenvalue weighted by atomic mass is 16.6. The van der Waals surface area contributed by atoms with Crippen LogP contribution in [0.4, 0.5) is 9.59 Å². The first-order valence-corrected chi connectivity index (χ1v) is 10.3. The van der Waals surface area contributed by atoms with E-state index < -0.39 is 23.7 Å². The summed E-state index contributed by atoms with van der Waals surface area (Å²) in [5, 5.41) is 2.46. The quantitative estimate of drug-likeness (QED) is 0.494. The molecule has 0 spiro atoms. The van der Waals surface area contributed by atoms with Gasteiger partial charge in [-0.05, 0) is 39.2 Å². The zero-order valence-electron chi connectivity index (χ0n) is 18.6. The van der Waals surface area contributed by atoms with Gasteiger partial charge in [-0.1, -0.05) is 30.3 Å². The van der Waals surface area contributed by atoms with Gasteiger partial charge >= 0.3 is 18.2 Å². The molecule has 0 unspecified atom stereocenters. The summed E-state index contributed by atoms with van der Waals surface area (Å²) in [6.07, 6.45) is 0.483. The molecular formula is C22H32N2O7. The number of benzene rings is 1. The van der Waals surface area contributed by atoms with Crippen LogP contribution in [0.15, 0.2) is 30.3 Å². The van der Waals surface area contributed by atoms with E-state index in [1.165, 1.54) is 7.11 Å². The van der Waals surface area contributed by atoms with Crippen LogP contribution in [0.2, 0.25) is 0 Å². The third kappa shape index (κ3) is 8.45. The maximum atomic E-state index is 12.4. The molecule has 2 amide bonds. The average Bonchev–Trinajstić information content (AvgIpc) is 3.19. The molecule has 9 heteroatoms. The Hall–Kier alpha value is -2.81. The summed E-state index contributed by atoms with van der Waals surface area (Å²) >= 11 is 0. The molecule has 1 fully saturated rings. The van der Waals surface area contributed by atoms with Gasteiger partial charge in [-0.25, -0.2) is 14.4 Å². The molecule has 31 heavy (non-hydrogen) atoms. The third-order valence-corrected chi connectivity index (χ3v) is 4.59. The molecule has 172 valence electrons. The Morgan fingerprint density at radius 3 is 2.55 bits per heavy atom. The molecule has 0 saturated carbocycles. The molecule has 0 aromatic heterocycles. The van der Waals surface area contributed by atoms with Crippen LogP contribution in [-0.2, 0) is 30.3 Å². The highest BCUT2D eigenvalue weighted by molar-refractivity contribution is 5.81. The number of nitrogens with zero attached hydrogens (tertiary/aromatic N) is 1. The van der Waals surface area contributed by atoms with Crippen LogP contribution in [0.1, 0.15) is 39.2 Å². The Morgan fingerprint density at radius 2 is 1.90 bits per heavy atom. The van der Waals surface area contributed by atoms with Crippen LogP contribution < -0.4 is 5.32 Å². The number of esters is 1. The van der Waals surface area contributed by atoms with Gasteiger partial charge in [0.2, 0.25) is 0 Å². The topological polar surface area (TPSA) is 103 Å². The van der Waals surface area contributed by atoms with Gasteiger partial charge in [0, 0.05) is 6.54 Å². The predicted molar refractivity (Wildman–Crippen MR) is 112 cm³/mol. The maximum absolute atomic E-state index is 12.4. The fourth-order valence-electron chi connectivity index (χ4n) is 3.11. The van der Waals surface area contributed by atoms with Crippen molar-refractivity contribution in [3.05, 3.63) is 35.9 Å². The van der Waals surface area contributed by atoms with Gasteiger partial charge in [-0.2, -0.15) is 0 Å². The lowest BCUT2D eigenvalue weighted by atomic mass is 10.2. The van der Waals surface area contributed by atoms with Crippen LogP contribution in [-0.4, -0.2) is 67.6 Å². The van der Waals surface area contributed by atoms with Crippen molar-refractivity contribution in [1.29, 1.82) is 0 Å². The molecule has 0 bridgehead atoms. The summed E-state index contributed by atoms with van der Waals surface area (Å²) in [5.74, 6) is -0.646. The van der Waals surface area contributed by atoms with Gasteiger partial charge in [0.15, 0.2) is 6.04 Å². The summed E-state index contributed by atoms with van der Waals surface area (Å²) in [5.41, 5.74) is 0.248. The number of rotatable bonds is 8. The SMILES string of the molecule is COC(=O)[C@H](COC[C@@H]1CCCN1C(=O)OC(C)(C)C)NC(=O)OCc1ccccc1. The van der Waals surface area contributed by atoms with Crippen molar-refractivity contribution in [2.24, 2.45) is 0 Å². The first kappa shape index (κ1) is 24.5. The Balaban J connectivity index is 1.82. The molecular weight excluding hydrogens is 404 g/mol. The first-order valence-electron chi connectivity index (χ1n) is 10.3. The Kier molecular flexibility index (Phi) is 9.11. The second-order valence-electron chi connectivity index (χ2n) is 8.29. The zero-order valence-corrected chi connectivity index (χ0v) is 18.6. The molecule has 1 aliphatic rings. The van der Waals surface area contributed by atoms with E-state index in [1.807, 2.05) is 51.1 Å². The van der Waals surface area contributed by atoms with E-state index in [2.05, 4.69) is 5.32 Å². The van der Waals surface area contributed by atoms with Gasteiger partial charge < -0.3 is 29.2 Å². The molecule has 0 aliphatic carbocycles. The number of ether oxygens (including phenoxy) is 4. The average molecular weight is 437 g/mol. The highest BCUT2D eigenvalue weighted by Crippen LogP contribution is 2.21. The van der Waals surface area contributed by atoms with Crippen molar-refractivity contribution in [3.63, 3.8) is 0 Å². The van der Waals surface area contributed by atoms with E-state index in [1.54, 1.807) is 4.90 Å². The lowest BCUT2D eigenvalue weighted by molar-refractivity contribution is -0.144. The normalized spacial score (nSPS) is 17.0. The summed E-state index contributed by atoms with van der Waals surface area (Å²) < 4.78 is 21.0.